The highest BCUT2D eigenvalue weighted by molar-refractivity contribution is 6.35. The van der Waals surface area contributed by atoms with Crippen LogP contribution in [0.3, 0.4) is 0 Å². The van der Waals surface area contributed by atoms with E-state index in [1.165, 1.54) is 6.42 Å². The van der Waals surface area contributed by atoms with Crippen LogP contribution in [-0.2, 0) is 21.6 Å². The molecule has 6 nitrogen and oxygen atoms in total. The van der Waals surface area contributed by atoms with Crippen LogP contribution in [0.4, 0.5) is 0 Å². The number of aliphatic hydroxyl groups is 1. The number of methoxy groups -OCH3 is 1. The van der Waals surface area contributed by atoms with Gasteiger partial charge in [-0.3, -0.25) is 9.59 Å². The molecule has 26 heavy (non-hydrogen) atoms. The summed E-state index contributed by atoms with van der Waals surface area (Å²) in [5.41, 5.74) is 0.678. The number of hydrogen-bond donors (Lipinski definition) is 3. The van der Waals surface area contributed by atoms with E-state index in [0.717, 1.165) is 55.4 Å². The molecular formula is C20H28N2O4. The maximum atomic E-state index is 12.2. The number of nitrogens with one attached hydrogen (secondary N) is 2. The van der Waals surface area contributed by atoms with Crippen molar-refractivity contribution in [1.29, 1.82) is 0 Å². The second-order valence-electron chi connectivity index (χ2n) is 7.40. The monoisotopic (exact) mass is 360 g/mol. The summed E-state index contributed by atoms with van der Waals surface area (Å²) in [6.45, 7) is 0.0310. The molecule has 0 saturated heterocycles. The summed E-state index contributed by atoms with van der Waals surface area (Å²) in [7, 11) is 1.61. The Kier molecular flexibility index (Phi) is 5.81. The average molecular weight is 360 g/mol. The van der Waals surface area contributed by atoms with E-state index in [9.17, 15) is 14.7 Å². The number of carbonyl (C=O) groups is 2. The van der Waals surface area contributed by atoms with E-state index in [1.54, 1.807) is 7.11 Å². The number of fused-ring (bicyclic) bond motifs is 1. The first kappa shape index (κ1) is 18.7. The van der Waals surface area contributed by atoms with Crippen molar-refractivity contribution in [3.05, 3.63) is 29.3 Å². The van der Waals surface area contributed by atoms with Crippen molar-refractivity contribution in [2.45, 2.75) is 63.0 Å². The van der Waals surface area contributed by atoms with Crippen LogP contribution in [0.1, 0.15) is 56.1 Å². The summed E-state index contributed by atoms with van der Waals surface area (Å²) in [5.74, 6) is -0.528. The standard InChI is InChI=1S/C20H28N2O4/c1-26-16-9-10-17-14(12-16)6-5-11-20(17,25)13-21-18(23)19(24)22-15-7-3-2-4-8-15/h9-10,12,15,25H,2-8,11,13H2,1H3,(H,21,23)(H,22,24). The van der Waals surface area contributed by atoms with Crippen LogP contribution in [0.15, 0.2) is 18.2 Å². The highest BCUT2D eigenvalue weighted by Gasteiger charge is 2.35. The van der Waals surface area contributed by atoms with Gasteiger partial charge in [0.25, 0.3) is 0 Å². The lowest BCUT2D eigenvalue weighted by Crippen LogP contribution is -2.49. The van der Waals surface area contributed by atoms with E-state index in [1.807, 2.05) is 18.2 Å². The fourth-order valence-corrected chi connectivity index (χ4v) is 4.05. The molecule has 2 aliphatic carbocycles. The van der Waals surface area contributed by atoms with Gasteiger partial charge in [0.05, 0.1) is 13.7 Å². The molecule has 2 amide bonds. The minimum absolute atomic E-state index is 0.0310. The Morgan fingerprint density at radius 3 is 2.69 bits per heavy atom. The third-order valence-corrected chi connectivity index (χ3v) is 5.54. The normalized spacial score (nSPS) is 23.0. The van der Waals surface area contributed by atoms with Crippen molar-refractivity contribution in [1.82, 2.24) is 10.6 Å². The van der Waals surface area contributed by atoms with Gasteiger partial charge >= 0.3 is 11.8 Å². The van der Waals surface area contributed by atoms with Gasteiger partial charge in [-0.2, -0.15) is 0 Å². The molecule has 3 rings (SSSR count). The van der Waals surface area contributed by atoms with Crippen LogP contribution < -0.4 is 15.4 Å². The van der Waals surface area contributed by atoms with E-state index in [-0.39, 0.29) is 12.6 Å². The number of aryl methyl sites for hydroxylation is 1. The van der Waals surface area contributed by atoms with Crippen molar-refractivity contribution in [2.24, 2.45) is 0 Å². The second-order valence-corrected chi connectivity index (χ2v) is 7.40. The minimum Gasteiger partial charge on any atom is -0.497 e. The highest BCUT2D eigenvalue weighted by Crippen LogP contribution is 2.36. The molecule has 0 bridgehead atoms. The molecule has 0 aromatic heterocycles. The Bertz CT molecular complexity index is 670. The Balaban J connectivity index is 1.60. The first-order valence-electron chi connectivity index (χ1n) is 9.50. The second kappa shape index (κ2) is 8.08. The predicted molar refractivity (Wildman–Crippen MR) is 97.9 cm³/mol. The van der Waals surface area contributed by atoms with Crippen molar-refractivity contribution in [3.8, 4) is 5.75 Å². The van der Waals surface area contributed by atoms with Crippen LogP contribution in [0, 0.1) is 0 Å². The number of carbonyl (C=O) groups excluding carboxylic acids is 2. The molecule has 0 aliphatic heterocycles. The topological polar surface area (TPSA) is 87.7 Å². The summed E-state index contributed by atoms with van der Waals surface area (Å²) in [5, 5.41) is 16.5. The number of rotatable bonds is 4. The van der Waals surface area contributed by atoms with Crippen molar-refractivity contribution < 1.29 is 19.4 Å². The zero-order chi connectivity index (χ0) is 18.6. The van der Waals surface area contributed by atoms with Gasteiger partial charge in [0.15, 0.2) is 0 Å². The molecule has 1 aromatic rings. The molecule has 6 heteroatoms. The molecular weight excluding hydrogens is 332 g/mol. The Hall–Kier alpha value is -2.08. The van der Waals surface area contributed by atoms with Gasteiger partial charge in [0.2, 0.25) is 0 Å². The number of ether oxygens (including phenoxy) is 1. The lowest BCUT2D eigenvalue weighted by molar-refractivity contribution is -0.140. The maximum absolute atomic E-state index is 12.2. The zero-order valence-electron chi connectivity index (χ0n) is 15.3. The molecule has 1 atom stereocenters. The van der Waals surface area contributed by atoms with Gasteiger partial charge in [-0.05, 0) is 55.4 Å². The quantitative estimate of drug-likeness (QED) is 0.715. The van der Waals surface area contributed by atoms with Crippen molar-refractivity contribution in [3.63, 3.8) is 0 Å². The first-order chi connectivity index (χ1) is 12.5. The number of hydrogen-bond acceptors (Lipinski definition) is 4. The summed E-state index contributed by atoms with van der Waals surface area (Å²) in [6, 6.07) is 5.68. The molecule has 1 saturated carbocycles. The van der Waals surface area contributed by atoms with Crippen LogP contribution in [0.25, 0.3) is 0 Å². The van der Waals surface area contributed by atoms with Gasteiger partial charge in [-0.25, -0.2) is 0 Å². The Morgan fingerprint density at radius 2 is 1.96 bits per heavy atom. The molecule has 0 radical (unpaired) electrons. The maximum Gasteiger partial charge on any atom is 0.309 e. The van der Waals surface area contributed by atoms with Gasteiger partial charge in [-0.1, -0.05) is 25.3 Å². The lowest BCUT2D eigenvalue weighted by Gasteiger charge is -2.34. The SMILES string of the molecule is COc1ccc2c(c1)CCCC2(O)CNC(=O)C(=O)NC1CCCCC1. The summed E-state index contributed by atoms with van der Waals surface area (Å²) < 4.78 is 5.25. The smallest absolute Gasteiger partial charge is 0.309 e. The Labute approximate surface area is 154 Å². The molecule has 0 spiro atoms. The van der Waals surface area contributed by atoms with Crippen LogP contribution in [0.5, 0.6) is 5.75 Å². The molecule has 1 fully saturated rings. The largest absolute Gasteiger partial charge is 0.497 e. The van der Waals surface area contributed by atoms with Crippen molar-refractivity contribution >= 4 is 11.8 Å². The molecule has 1 unspecified atom stereocenters. The van der Waals surface area contributed by atoms with Crippen molar-refractivity contribution in [2.75, 3.05) is 13.7 Å². The molecule has 3 N–H and O–H groups in total. The average Bonchev–Trinajstić information content (AvgIpc) is 2.66. The third-order valence-electron chi connectivity index (χ3n) is 5.54. The van der Waals surface area contributed by atoms with E-state index >= 15 is 0 Å². The fraction of sp³-hybridized carbons (Fsp3) is 0.600. The fourth-order valence-electron chi connectivity index (χ4n) is 4.05. The van der Waals surface area contributed by atoms with E-state index in [4.69, 9.17) is 4.74 Å². The highest BCUT2D eigenvalue weighted by atomic mass is 16.5. The molecule has 142 valence electrons. The van der Waals surface area contributed by atoms with Gasteiger partial charge in [-0.15, -0.1) is 0 Å². The van der Waals surface area contributed by atoms with Gasteiger partial charge in [0, 0.05) is 6.04 Å². The van der Waals surface area contributed by atoms with Crippen LogP contribution in [0.2, 0.25) is 0 Å². The predicted octanol–water partition coefficient (Wildman–Crippen LogP) is 1.78. The minimum atomic E-state index is -1.15. The molecule has 0 heterocycles. The van der Waals surface area contributed by atoms with Crippen LogP contribution >= 0.6 is 0 Å². The Morgan fingerprint density at radius 1 is 1.19 bits per heavy atom. The zero-order valence-corrected chi connectivity index (χ0v) is 15.3. The molecule has 2 aliphatic rings. The third kappa shape index (κ3) is 4.18. The van der Waals surface area contributed by atoms with Gasteiger partial charge < -0.3 is 20.5 Å². The van der Waals surface area contributed by atoms with Gasteiger partial charge in [0.1, 0.15) is 11.4 Å². The van der Waals surface area contributed by atoms with Crippen LogP contribution in [-0.4, -0.2) is 36.6 Å². The van der Waals surface area contributed by atoms with E-state index in [2.05, 4.69) is 10.6 Å². The summed E-state index contributed by atoms with van der Waals surface area (Å²) >= 11 is 0. The lowest BCUT2D eigenvalue weighted by atomic mass is 9.79. The van der Waals surface area contributed by atoms with E-state index < -0.39 is 17.4 Å². The summed E-state index contributed by atoms with van der Waals surface area (Å²) in [4.78, 5) is 24.3. The van der Waals surface area contributed by atoms with E-state index in [0.29, 0.717) is 6.42 Å². The molecule has 1 aromatic carbocycles. The first-order valence-corrected chi connectivity index (χ1v) is 9.50. The number of benzene rings is 1. The summed E-state index contributed by atoms with van der Waals surface area (Å²) in [6.07, 6.45) is 7.47. The number of amides is 2.